The molecule has 102 valence electrons. The van der Waals surface area contributed by atoms with E-state index in [0.29, 0.717) is 5.56 Å². The highest BCUT2D eigenvalue weighted by atomic mass is 16.4. The molecule has 1 aromatic carbocycles. The number of phenolic OH excluding ortho intramolecular Hbond substituents is 1. The van der Waals surface area contributed by atoms with Crippen LogP contribution in [0.3, 0.4) is 0 Å². The topological polar surface area (TPSA) is 107 Å². The van der Waals surface area contributed by atoms with E-state index in [4.69, 9.17) is 10.2 Å². The molecule has 0 saturated heterocycles. The van der Waals surface area contributed by atoms with Crippen LogP contribution >= 0.6 is 0 Å². The molecule has 0 aliphatic carbocycles. The van der Waals surface area contributed by atoms with Crippen molar-refractivity contribution in [2.45, 2.75) is 19.1 Å². The molecule has 19 heavy (non-hydrogen) atoms. The molecule has 2 atom stereocenters. The Kier molecular flexibility index (Phi) is 5.08. The third-order valence-corrected chi connectivity index (χ3v) is 2.46. The summed E-state index contributed by atoms with van der Waals surface area (Å²) in [6.07, 6.45) is 0.639. The van der Waals surface area contributed by atoms with E-state index in [-0.39, 0.29) is 5.75 Å². The maximum atomic E-state index is 11.3. The molecule has 0 spiro atoms. The van der Waals surface area contributed by atoms with Gasteiger partial charge >= 0.3 is 5.97 Å². The van der Waals surface area contributed by atoms with Crippen molar-refractivity contribution in [2.75, 3.05) is 0 Å². The smallest absolute Gasteiger partial charge is 0.328 e. The Hall–Kier alpha value is -2.34. The van der Waals surface area contributed by atoms with Crippen molar-refractivity contribution in [3.05, 3.63) is 42.0 Å². The first-order valence-corrected chi connectivity index (χ1v) is 5.58. The van der Waals surface area contributed by atoms with Crippen LogP contribution < -0.4 is 5.32 Å². The molecule has 2 unspecified atom stereocenters. The number of hydrogen-bond donors (Lipinski definition) is 4. The van der Waals surface area contributed by atoms with Gasteiger partial charge in [0.25, 0.3) is 0 Å². The fourth-order valence-corrected chi connectivity index (χ4v) is 1.46. The van der Waals surface area contributed by atoms with Crippen LogP contribution in [0.4, 0.5) is 0 Å². The number of benzene rings is 1. The van der Waals surface area contributed by atoms with E-state index >= 15 is 0 Å². The van der Waals surface area contributed by atoms with Crippen molar-refractivity contribution in [3.8, 4) is 5.75 Å². The number of aliphatic carboxylic acids is 1. The Bertz CT molecular complexity index is 480. The second kappa shape index (κ2) is 6.55. The average molecular weight is 265 g/mol. The zero-order valence-electron chi connectivity index (χ0n) is 10.3. The van der Waals surface area contributed by atoms with Crippen molar-refractivity contribution < 1.29 is 24.9 Å². The highest BCUT2D eigenvalue weighted by molar-refractivity contribution is 5.94. The van der Waals surface area contributed by atoms with Gasteiger partial charge in [0.1, 0.15) is 5.75 Å². The molecule has 6 nitrogen and oxygen atoms in total. The molecule has 1 rings (SSSR count). The van der Waals surface area contributed by atoms with E-state index < -0.39 is 24.0 Å². The summed E-state index contributed by atoms with van der Waals surface area (Å²) in [5, 5.41) is 29.9. The Morgan fingerprint density at radius 3 is 2.32 bits per heavy atom. The van der Waals surface area contributed by atoms with E-state index in [1.165, 1.54) is 24.3 Å². The SMILES string of the molecule is CC(NC(=O)/C=C\C(=O)O)C(O)c1ccc(O)cc1. The Balaban J connectivity index is 2.62. The van der Waals surface area contributed by atoms with Crippen LogP contribution in [-0.2, 0) is 9.59 Å². The lowest BCUT2D eigenvalue weighted by Crippen LogP contribution is -2.36. The number of aromatic hydroxyl groups is 1. The summed E-state index contributed by atoms with van der Waals surface area (Å²) in [5.74, 6) is -1.74. The van der Waals surface area contributed by atoms with E-state index in [1.54, 1.807) is 6.92 Å². The van der Waals surface area contributed by atoms with Gasteiger partial charge in [0, 0.05) is 12.2 Å². The third kappa shape index (κ3) is 4.81. The molecule has 0 saturated carbocycles. The molecule has 6 heteroatoms. The van der Waals surface area contributed by atoms with Crippen LogP contribution in [0.15, 0.2) is 36.4 Å². The maximum Gasteiger partial charge on any atom is 0.328 e. The Morgan fingerprint density at radius 1 is 1.21 bits per heavy atom. The minimum atomic E-state index is -1.22. The van der Waals surface area contributed by atoms with Crippen molar-refractivity contribution in [1.82, 2.24) is 5.32 Å². The van der Waals surface area contributed by atoms with Gasteiger partial charge in [-0.15, -0.1) is 0 Å². The molecule has 0 aliphatic heterocycles. The van der Waals surface area contributed by atoms with Gasteiger partial charge in [0.15, 0.2) is 0 Å². The fraction of sp³-hybridized carbons (Fsp3) is 0.231. The van der Waals surface area contributed by atoms with Crippen LogP contribution in [0.1, 0.15) is 18.6 Å². The summed E-state index contributed by atoms with van der Waals surface area (Å²) in [6.45, 7) is 1.59. The summed E-state index contributed by atoms with van der Waals surface area (Å²) in [5.41, 5.74) is 0.535. The lowest BCUT2D eigenvalue weighted by Gasteiger charge is -2.19. The quantitative estimate of drug-likeness (QED) is 0.582. The predicted molar refractivity (Wildman–Crippen MR) is 67.4 cm³/mol. The first-order valence-electron chi connectivity index (χ1n) is 5.58. The number of nitrogens with one attached hydrogen (secondary N) is 1. The summed E-state index contributed by atoms with van der Waals surface area (Å²) in [7, 11) is 0. The zero-order valence-corrected chi connectivity index (χ0v) is 10.3. The number of aliphatic hydroxyl groups excluding tert-OH is 1. The number of carboxylic acid groups (broad SMARTS) is 1. The lowest BCUT2D eigenvalue weighted by molar-refractivity contribution is -0.131. The van der Waals surface area contributed by atoms with Crippen LogP contribution in [0.25, 0.3) is 0 Å². The zero-order chi connectivity index (χ0) is 14.4. The number of carboxylic acids is 1. The number of carbonyl (C=O) groups is 2. The van der Waals surface area contributed by atoms with Crippen molar-refractivity contribution in [1.29, 1.82) is 0 Å². The summed E-state index contributed by atoms with van der Waals surface area (Å²) < 4.78 is 0. The van der Waals surface area contributed by atoms with Gasteiger partial charge in [-0.2, -0.15) is 0 Å². The average Bonchev–Trinajstić information content (AvgIpc) is 2.36. The molecule has 0 heterocycles. The Morgan fingerprint density at radius 2 is 1.79 bits per heavy atom. The standard InChI is InChI=1S/C13H15NO5/c1-8(14-11(16)6-7-12(17)18)13(19)9-2-4-10(15)5-3-9/h2-8,13,15,19H,1H3,(H,14,16)(H,17,18)/b7-6-. The number of aliphatic hydroxyl groups is 1. The minimum absolute atomic E-state index is 0.0806. The number of carbonyl (C=O) groups excluding carboxylic acids is 1. The van der Waals surface area contributed by atoms with Gasteiger partial charge < -0.3 is 20.6 Å². The van der Waals surface area contributed by atoms with E-state index in [9.17, 15) is 14.7 Å². The molecule has 1 aromatic rings. The van der Waals surface area contributed by atoms with E-state index in [1.807, 2.05) is 0 Å². The molecule has 4 N–H and O–H groups in total. The largest absolute Gasteiger partial charge is 0.508 e. The highest BCUT2D eigenvalue weighted by Gasteiger charge is 2.17. The fourth-order valence-electron chi connectivity index (χ4n) is 1.46. The third-order valence-electron chi connectivity index (χ3n) is 2.46. The monoisotopic (exact) mass is 265 g/mol. The number of hydrogen-bond acceptors (Lipinski definition) is 4. The molecule has 0 radical (unpaired) electrons. The van der Waals surface area contributed by atoms with E-state index in [0.717, 1.165) is 12.2 Å². The first-order chi connectivity index (χ1) is 8.90. The molecule has 0 aliphatic rings. The van der Waals surface area contributed by atoms with Gasteiger partial charge in [-0.05, 0) is 24.6 Å². The molecular formula is C13H15NO5. The molecule has 0 bridgehead atoms. The second-order valence-electron chi connectivity index (χ2n) is 4.01. The van der Waals surface area contributed by atoms with Crippen LogP contribution in [-0.4, -0.2) is 33.2 Å². The molecule has 1 amide bonds. The number of rotatable bonds is 5. The summed E-state index contributed by atoms with van der Waals surface area (Å²) >= 11 is 0. The van der Waals surface area contributed by atoms with Gasteiger partial charge in [-0.3, -0.25) is 4.79 Å². The van der Waals surface area contributed by atoms with Crippen molar-refractivity contribution in [3.63, 3.8) is 0 Å². The highest BCUT2D eigenvalue weighted by Crippen LogP contribution is 2.19. The van der Waals surface area contributed by atoms with Gasteiger partial charge in [-0.25, -0.2) is 4.79 Å². The summed E-state index contributed by atoms with van der Waals surface area (Å²) in [6, 6.07) is 5.33. The van der Waals surface area contributed by atoms with Crippen LogP contribution in [0, 0.1) is 0 Å². The molecular weight excluding hydrogens is 250 g/mol. The van der Waals surface area contributed by atoms with Gasteiger partial charge in [-0.1, -0.05) is 12.1 Å². The number of amides is 1. The van der Waals surface area contributed by atoms with Crippen molar-refractivity contribution >= 4 is 11.9 Å². The molecule has 0 aromatic heterocycles. The Labute approximate surface area is 110 Å². The van der Waals surface area contributed by atoms with Gasteiger partial charge in [0.2, 0.25) is 5.91 Å². The summed E-state index contributed by atoms with van der Waals surface area (Å²) in [4.78, 5) is 21.6. The maximum absolute atomic E-state index is 11.3. The van der Waals surface area contributed by atoms with Crippen LogP contribution in [0.2, 0.25) is 0 Å². The molecule has 0 fully saturated rings. The van der Waals surface area contributed by atoms with Crippen molar-refractivity contribution in [2.24, 2.45) is 0 Å². The van der Waals surface area contributed by atoms with Gasteiger partial charge in [0.05, 0.1) is 12.1 Å². The number of phenols is 1. The first kappa shape index (κ1) is 14.7. The second-order valence-corrected chi connectivity index (χ2v) is 4.01. The van der Waals surface area contributed by atoms with E-state index in [2.05, 4.69) is 5.32 Å². The lowest BCUT2D eigenvalue weighted by atomic mass is 10.0. The predicted octanol–water partition coefficient (Wildman–Crippen LogP) is 0.571. The normalized spacial score (nSPS) is 14.0. The minimum Gasteiger partial charge on any atom is -0.508 e. The van der Waals surface area contributed by atoms with Crippen LogP contribution in [0.5, 0.6) is 5.75 Å².